The Labute approximate surface area is 198 Å². The molecule has 13 heteroatoms. The molecular formula is C21H24FN7O4S. The van der Waals surface area contributed by atoms with Crippen LogP contribution in [0.3, 0.4) is 0 Å². The van der Waals surface area contributed by atoms with E-state index in [9.17, 15) is 23.6 Å². The van der Waals surface area contributed by atoms with Crippen LogP contribution >= 0.6 is 11.3 Å². The normalized spacial score (nSPS) is 20.2. The Bertz CT molecular complexity index is 1090. The molecule has 4 rings (SSSR count). The minimum atomic E-state index is -0.973. The molecule has 180 valence electrons. The van der Waals surface area contributed by atoms with Crippen molar-refractivity contribution in [3.8, 4) is 0 Å². The lowest BCUT2D eigenvalue weighted by Crippen LogP contribution is -2.61. The van der Waals surface area contributed by atoms with Gasteiger partial charge in [0.25, 0.3) is 5.91 Å². The van der Waals surface area contributed by atoms with Gasteiger partial charge in [-0.3, -0.25) is 19.2 Å². The summed E-state index contributed by atoms with van der Waals surface area (Å²) in [6, 6.07) is 1.14. The summed E-state index contributed by atoms with van der Waals surface area (Å²) >= 11 is 1.33. The Balaban J connectivity index is 1.41. The fourth-order valence-corrected chi connectivity index (χ4v) is 4.99. The van der Waals surface area contributed by atoms with Gasteiger partial charge in [0.2, 0.25) is 6.41 Å². The number of amides is 4. The van der Waals surface area contributed by atoms with Crippen molar-refractivity contribution in [2.24, 2.45) is 0 Å². The number of carbonyl (C=O) groups is 4. The van der Waals surface area contributed by atoms with Crippen molar-refractivity contribution in [2.75, 3.05) is 32.0 Å². The van der Waals surface area contributed by atoms with E-state index in [4.69, 9.17) is 0 Å². The first kappa shape index (κ1) is 23.7. The van der Waals surface area contributed by atoms with Crippen molar-refractivity contribution in [1.29, 1.82) is 0 Å². The van der Waals surface area contributed by atoms with Crippen molar-refractivity contribution in [2.45, 2.75) is 31.5 Å². The van der Waals surface area contributed by atoms with Gasteiger partial charge in [-0.25, -0.2) is 14.4 Å². The quantitative estimate of drug-likeness (QED) is 0.389. The monoisotopic (exact) mass is 489 g/mol. The van der Waals surface area contributed by atoms with Gasteiger partial charge in [0.05, 0.1) is 24.0 Å². The Morgan fingerprint density at radius 2 is 2.00 bits per heavy atom. The lowest BCUT2D eigenvalue weighted by Gasteiger charge is -2.37. The Morgan fingerprint density at radius 1 is 1.18 bits per heavy atom. The third kappa shape index (κ3) is 5.54. The molecule has 0 bridgehead atoms. The standard InChI is InChI=1S/C21H24FN7O4S/c1-28-6-4-14-16(10-28)34-21(26-14)20(33)25-15-9-29(11-30)7-5-13(15)24-18(31)19(32)27-17-3-2-12(22)8-23-17/h2-3,8,11,13,15H,4-7,9-10H2,1H3,(H,24,31)(H,25,33)(H,23,27,32)/t13-,15+/m0/s1. The van der Waals surface area contributed by atoms with Crippen LogP contribution in [0.5, 0.6) is 0 Å². The first-order valence-electron chi connectivity index (χ1n) is 10.7. The molecule has 0 saturated carbocycles. The number of aromatic nitrogens is 2. The maximum Gasteiger partial charge on any atom is 0.314 e. The number of carbonyl (C=O) groups excluding carboxylic acids is 4. The predicted octanol–water partition coefficient (Wildman–Crippen LogP) is -0.251. The summed E-state index contributed by atoms with van der Waals surface area (Å²) in [6.07, 6.45) is 2.72. The molecule has 2 aliphatic rings. The van der Waals surface area contributed by atoms with Gasteiger partial charge in [0.15, 0.2) is 5.01 Å². The van der Waals surface area contributed by atoms with Crippen molar-refractivity contribution >= 4 is 41.3 Å². The number of halogens is 1. The topological polar surface area (TPSA) is 137 Å². The lowest BCUT2D eigenvalue weighted by atomic mass is 9.99. The second-order valence-corrected chi connectivity index (χ2v) is 9.33. The van der Waals surface area contributed by atoms with Crippen LogP contribution in [-0.4, -0.2) is 82.7 Å². The first-order chi connectivity index (χ1) is 16.3. The highest BCUT2D eigenvalue weighted by Crippen LogP contribution is 2.24. The number of fused-ring (bicyclic) bond motifs is 1. The summed E-state index contributed by atoms with van der Waals surface area (Å²) in [6.45, 7) is 2.15. The minimum Gasteiger partial charge on any atom is -0.343 e. The first-order valence-corrected chi connectivity index (χ1v) is 11.5. The summed E-state index contributed by atoms with van der Waals surface area (Å²) in [5.74, 6) is -2.84. The number of piperidine rings is 1. The second kappa shape index (κ2) is 10.2. The van der Waals surface area contributed by atoms with Gasteiger partial charge in [-0.1, -0.05) is 0 Å². The highest BCUT2D eigenvalue weighted by molar-refractivity contribution is 7.13. The summed E-state index contributed by atoms with van der Waals surface area (Å²) in [5.41, 5.74) is 0.919. The Morgan fingerprint density at radius 3 is 2.74 bits per heavy atom. The zero-order chi connectivity index (χ0) is 24.2. The summed E-state index contributed by atoms with van der Waals surface area (Å²) < 4.78 is 13.0. The van der Waals surface area contributed by atoms with Gasteiger partial charge in [-0.15, -0.1) is 11.3 Å². The van der Waals surface area contributed by atoms with E-state index in [-0.39, 0.29) is 18.3 Å². The highest BCUT2D eigenvalue weighted by Gasteiger charge is 2.33. The van der Waals surface area contributed by atoms with Crippen molar-refractivity contribution in [1.82, 2.24) is 30.4 Å². The van der Waals surface area contributed by atoms with Gasteiger partial charge in [-0.05, 0) is 25.6 Å². The number of anilines is 1. The molecular weight excluding hydrogens is 465 g/mol. The van der Waals surface area contributed by atoms with Gasteiger partial charge in [-0.2, -0.15) is 0 Å². The summed E-state index contributed by atoms with van der Waals surface area (Å²) in [7, 11) is 2.01. The molecule has 4 amide bonds. The van der Waals surface area contributed by atoms with E-state index >= 15 is 0 Å². The number of hydrogen-bond donors (Lipinski definition) is 3. The number of rotatable bonds is 5. The number of nitrogens with zero attached hydrogens (tertiary/aromatic N) is 4. The van der Waals surface area contributed by atoms with Crippen LogP contribution in [-0.2, 0) is 27.3 Å². The van der Waals surface area contributed by atoms with Gasteiger partial charge in [0, 0.05) is 37.5 Å². The molecule has 34 heavy (non-hydrogen) atoms. The molecule has 2 atom stereocenters. The molecule has 3 N–H and O–H groups in total. The average Bonchev–Trinajstić information content (AvgIpc) is 3.25. The fraction of sp³-hybridized carbons (Fsp3) is 0.429. The molecule has 2 aliphatic heterocycles. The lowest BCUT2D eigenvalue weighted by molar-refractivity contribution is -0.137. The Kier molecular flexibility index (Phi) is 7.12. The smallest absolute Gasteiger partial charge is 0.314 e. The van der Waals surface area contributed by atoms with Crippen molar-refractivity contribution in [3.63, 3.8) is 0 Å². The van der Waals surface area contributed by atoms with Crippen LogP contribution in [0.4, 0.5) is 10.2 Å². The molecule has 4 heterocycles. The molecule has 2 aromatic heterocycles. The van der Waals surface area contributed by atoms with Crippen LogP contribution in [0.25, 0.3) is 0 Å². The Hall–Kier alpha value is -3.45. The van der Waals surface area contributed by atoms with Gasteiger partial charge >= 0.3 is 11.8 Å². The SMILES string of the molecule is CN1CCc2nc(C(=O)N[C@@H]3CN(C=O)CC[C@@H]3NC(=O)C(=O)Nc3ccc(F)cn3)sc2C1. The number of likely N-dealkylation sites (N-methyl/N-ethyl adjacent to an activating group) is 1. The van der Waals surface area contributed by atoms with E-state index in [0.717, 1.165) is 42.3 Å². The zero-order valence-corrected chi connectivity index (χ0v) is 19.2. The number of thiazole rings is 1. The number of pyridine rings is 1. The van der Waals surface area contributed by atoms with Gasteiger partial charge < -0.3 is 25.8 Å². The van der Waals surface area contributed by atoms with Crippen molar-refractivity contribution < 1.29 is 23.6 Å². The predicted molar refractivity (Wildman–Crippen MR) is 120 cm³/mol. The van der Waals surface area contributed by atoms with Crippen LogP contribution in [0, 0.1) is 5.82 Å². The van der Waals surface area contributed by atoms with Crippen LogP contribution < -0.4 is 16.0 Å². The largest absolute Gasteiger partial charge is 0.343 e. The van der Waals surface area contributed by atoms with Crippen LogP contribution in [0.2, 0.25) is 0 Å². The number of nitrogens with one attached hydrogen (secondary N) is 3. The molecule has 0 aromatic carbocycles. The molecule has 2 aromatic rings. The molecule has 0 spiro atoms. The fourth-order valence-electron chi connectivity index (χ4n) is 3.90. The number of hydrogen-bond acceptors (Lipinski definition) is 8. The molecule has 0 radical (unpaired) electrons. The van der Waals surface area contributed by atoms with Crippen molar-refractivity contribution in [3.05, 3.63) is 39.7 Å². The maximum atomic E-state index is 13.0. The van der Waals surface area contributed by atoms with Crippen LogP contribution in [0.1, 0.15) is 26.8 Å². The van der Waals surface area contributed by atoms with Gasteiger partial charge in [0.1, 0.15) is 11.6 Å². The minimum absolute atomic E-state index is 0.0283. The van der Waals surface area contributed by atoms with Crippen LogP contribution in [0.15, 0.2) is 18.3 Å². The third-order valence-corrected chi connectivity index (χ3v) is 6.80. The van der Waals surface area contributed by atoms with E-state index in [2.05, 4.69) is 30.8 Å². The molecule has 1 fully saturated rings. The summed E-state index contributed by atoms with van der Waals surface area (Å²) in [5, 5.41) is 8.11. The maximum absolute atomic E-state index is 13.0. The molecule has 0 unspecified atom stereocenters. The molecule has 1 saturated heterocycles. The van der Waals surface area contributed by atoms with E-state index in [1.165, 1.54) is 22.3 Å². The van der Waals surface area contributed by atoms with E-state index < -0.39 is 29.7 Å². The molecule has 11 nitrogen and oxygen atoms in total. The second-order valence-electron chi connectivity index (χ2n) is 8.24. The average molecular weight is 490 g/mol. The van der Waals surface area contributed by atoms with E-state index in [1.54, 1.807) is 0 Å². The molecule has 0 aliphatic carbocycles. The summed E-state index contributed by atoms with van der Waals surface area (Å²) in [4.78, 5) is 61.8. The zero-order valence-electron chi connectivity index (χ0n) is 18.4. The third-order valence-electron chi connectivity index (χ3n) is 5.72. The van der Waals surface area contributed by atoms with E-state index in [0.29, 0.717) is 24.4 Å². The highest BCUT2D eigenvalue weighted by atomic mass is 32.1. The number of likely N-dealkylation sites (tertiary alicyclic amines) is 1. The van der Waals surface area contributed by atoms with E-state index in [1.807, 2.05) is 7.05 Å².